The number of halogens is 2. The minimum atomic E-state index is -0.941. The summed E-state index contributed by atoms with van der Waals surface area (Å²) in [5.41, 5.74) is 2.05. The molecule has 0 spiro atoms. The molecular formula is C24H16ClFN2O4. The van der Waals surface area contributed by atoms with Crippen molar-refractivity contribution in [2.75, 3.05) is 11.5 Å². The number of hydrogen-bond acceptors (Lipinski definition) is 5. The molecule has 0 bridgehead atoms. The van der Waals surface area contributed by atoms with Gasteiger partial charge < -0.3 is 9.84 Å². The Morgan fingerprint density at radius 3 is 2.66 bits per heavy atom. The second-order valence-corrected chi connectivity index (χ2v) is 7.88. The van der Waals surface area contributed by atoms with Crippen LogP contribution in [0.2, 0.25) is 5.02 Å². The third-order valence-electron chi connectivity index (χ3n) is 5.61. The number of aliphatic hydroxyl groups excluding tert-OH is 1. The molecule has 2 aliphatic heterocycles. The number of benzene rings is 2. The molecule has 2 aliphatic rings. The van der Waals surface area contributed by atoms with Crippen LogP contribution in [0.25, 0.3) is 5.76 Å². The van der Waals surface area contributed by atoms with Crippen LogP contribution in [0, 0.1) is 5.82 Å². The quantitative estimate of drug-likeness (QED) is 0.362. The largest absolute Gasteiger partial charge is 0.507 e. The average Bonchev–Trinajstić information content (AvgIpc) is 3.38. The molecule has 1 amide bonds. The summed E-state index contributed by atoms with van der Waals surface area (Å²) in [6.45, 7) is 0.548. The van der Waals surface area contributed by atoms with E-state index in [1.807, 2.05) is 0 Å². The second kappa shape index (κ2) is 7.76. The number of Topliss-reactive ketones (excluding diaryl/α,β-unsaturated/α-hetero) is 1. The molecule has 1 saturated heterocycles. The Hall–Kier alpha value is -3.71. The number of ether oxygens (including phenoxy) is 1. The molecule has 1 aromatic heterocycles. The first-order valence-electron chi connectivity index (χ1n) is 9.88. The summed E-state index contributed by atoms with van der Waals surface area (Å²) >= 11 is 5.94. The van der Waals surface area contributed by atoms with Gasteiger partial charge in [0.05, 0.1) is 23.2 Å². The molecule has 32 heavy (non-hydrogen) atoms. The predicted octanol–water partition coefficient (Wildman–Crippen LogP) is 4.44. The van der Waals surface area contributed by atoms with Gasteiger partial charge in [-0.3, -0.25) is 19.5 Å². The number of nitrogens with zero attached hydrogens (tertiary/aromatic N) is 2. The number of fused-ring (bicyclic) bond motifs is 1. The van der Waals surface area contributed by atoms with E-state index in [0.29, 0.717) is 24.2 Å². The normalized spacial score (nSPS) is 19.2. The van der Waals surface area contributed by atoms with Crippen molar-refractivity contribution in [1.29, 1.82) is 0 Å². The standard InChI is InChI=1S/C24H16ClFN2O4/c25-17-12-16(2-3-18(17)26)28-21(13-5-8-27-9-6-13)20(23(30)24(28)31)22(29)15-1-4-19-14(11-15)7-10-32-19/h1-6,8-9,11-12,21,29H,7,10H2/b22-20-. The molecule has 1 fully saturated rings. The number of rotatable bonds is 3. The minimum absolute atomic E-state index is 0.0690. The van der Waals surface area contributed by atoms with Crippen LogP contribution in [0.1, 0.15) is 22.7 Å². The molecule has 0 radical (unpaired) electrons. The molecule has 8 heteroatoms. The maximum Gasteiger partial charge on any atom is 0.300 e. The zero-order valence-electron chi connectivity index (χ0n) is 16.6. The van der Waals surface area contributed by atoms with Crippen molar-refractivity contribution in [3.05, 3.63) is 94.0 Å². The van der Waals surface area contributed by atoms with Gasteiger partial charge in [0, 0.05) is 30.1 Å². The van der Waals surface area contributed by atoms with Gasteiger partial charge in [0.25, 0.3) is 11.7 Å². The Bertz CT molecular complexity index is 1290. The van der Waals surface area contributed by atoms with E-state index < -0.39 is 23.5 Å². The van der Waals surface area contributed by atoms with E-state index in [0.717, 1.165) is 17.4 Å². The number of pyridine rings is 1. The lowest BCUT2D eigenvalue weighted by Crippen LogP contribution is -2.29. The van der Waals surface area contributed by atoms with Gasteiger partial charge in [-0.1, -0.05) is 11.6 Å². The summed E-state index contributed by atoms with van der Waals surface area (Å²) in [6.07, 6.45) is 3.74. The van der Waals surface area contributed by atoms with Crippen LogP contribution in [0.15, 0.2) is 66.5 Å². The van der Waals surface area contributed by atoms with Crippen LogP contribution in [0.5, 0.6) is 5.75 Å². The summed E-state index contributed by atoms with van der Waals surface area (Å²) in [5.74, 6) is -1.90. The van der Waals surface area contributed by atoms with Gasteiger partial charge in [-0.2, -0.15) is 0 Å². The first-order chi connectivity index (χ1) is 15.5. The number of amides is 1. The second-order valence-electron chi connectivity index (χ2n) is 7.47. The van der Waals surface area contributed by atoms with Crippen LogP contribution >= 0.6 is 11.6 Å². The SMILES string of the molecule is O=C1C(=O)N(c2ccc(F)c(Cl)c2)C(c2ccncc2)/C1=C(/O)c1ccc2c(c1)CCO2. The number of carbonyl (C=O) groups is 2. The summed E-state index contributed by atoms with van der Waals surface area (Å²) in [7, 11) is 0. The van der Waals surface area contributed by atoms with E-state index in [4.69, 9.17) is 16.3 Å². The van der Waals surface area contributed by atoms with Crippen LogP contribution < -0.4 is 9.64 Å². The maximum atomic E-state index is 13.7. The molecule has 6 nitrogen and oxygen atoms in total. The van der Waals surface area contributed by atoms with Gasteiger partial charge in [-0.15, -0.1) is 0 Å². The van der Waals surface area contributed by atoms with Crippen molar-refractivity contribution >= 4 is 34.7 Å². The van der Waals surface area contributed by atoms with Gasteiger partial charge in [0.15, 0.2) is 0 Å². The lowest BCUT2D eigenvalue weighted by Gasteiger charge is -2.25. The number of ketones is 1. The van der Waals surface area contributed by atoms with E-state index in [1.54, 1.807) is 30.3 Å². The molecule has 1 N–H and O–H groups in total. The van der Waals surface area contributed by atoms with Gasteiger partial charge in [0.2, 0.25) is 0 Å². The molecule has 5 rings (SSSR count). The third-order valence-corrected chi connectivity index (χ3v) is 5.90. The van der Waals surface area contributed by atoms with Gasteiger partial charge in [-0.05, 0) is 59.7 Å². The molecule has 1 unspecified atom stereocenters. The first kappa shape index (κ1) is 20.2. The van der Waals surface area contributed by atoms with Crippen molar-refractivity contribution in [1.82, 2.24) is 4.98 Å². The smallest absolute Gasteiger partial charge is 0.300 e. The number of aromatic nitrogens is 1. The number of carbonyl (C=O) groups excluding carboxylic acids is 2. The minimum Gasteiger partial charge on any atom is -0.507 e. The molecular weight excluding hydrogens is 435 g/mol. The van der Waals surface area contributed by atoms with E-state index in [1.165, 1.54) is 29.4 Å². The van der Waals surface area contributed by atoms with E-state index in [-0.39, 0.29) is 22.0 Å². The van der Waals surface area contributed by atoms with E-state index in [2.05, 4.69) is 4.98 Å². The Kier molecular flexibility index (Phi) is 4.90. The van der Waals surface area contributed by atoms with Crippen molar-refractivity contribution in [3.8, 4) is 5.75 Å². The Morgan fingerprint density at radius 2 is 1.91 bits per heavy atom. The monoisotopic (exact) mass is 450 g/mol. The van der Waals surface area contributed by atoms with Gasteiger partial charge in [-0.25, -0.2) is 4.39 Å². The van der Waals surface area contributed by atoms with E-state index in [9.17, 15) is 19.1 Å². The Balaban J connectivity index is 1.70. The molecule has 2 aromatic carbocycles. The summed E-state index contributed by atoms with van der Waals surface area (Å²) in [6, 6.07) is 11.3. The number of hydrogen-bond donors (Lipinski definition) is 1. The van der Waals surface area contributed by atoms with Gasteiger partial charge in [0.1, 0.15) is 17.3 Å². The lowest BCUT2D eigenvalue weighted by atomic mass is 9.95. The van der Waals surface area contributed by atoms with Crippen molar-refractivity contribution < 1.29 is 23.8 Å². The van der Waals surface area contributed by atoms with Gasteiger partial charge >= 0.3 is 0 Å². The summed E-state index contributed by atoms with van der Waals surface area (Å²) < 4.78 is 19.3. The van der Waals surface area contributed by atoms with Crippen molar-refractivity contribution in [3.63, 3.8) is 0 Å². The summed E-state index contributed by atoms with van der Waals surface area (Å²) in [4.78, 5) is 31.4. The Labute approximate surface area is 187 Å². The molecule has 3 heterocycles. The summed E-state index contributed by atoms with van der Waals surface area (Å²) in [5, 5.41) is 11.0. The van der Waals surface area contributed by atoms with E-state index >= 15 is 0 Å². The molecule has 0 saturated carbocycles. The maximum absolute atomic E-state index is 13.7. The highest BCUT2D eigenvalue weighted by Gasteiger charge is 2.47. The predicted molar refractivity (Wildman–Crippen MR) is 116 cm³/mol. The lowest BCUT2D eigenvalue weighted by molar-refractivity contribution is -0.132. The van der Waals surface area contributed by atoms with Crippen LogP contribution in [-0.2, 0) is 16.0 Å². The zero-order valence-corrected chi connectivity index (χ0v) is 17.3. The number of aliphatic hydroxyl groups is 1. The van der Waals surface area contributed by atoms with Crippen LogP contribution in [0.3, 0.4) is 0 Å². The topological polar surface area (TPSA) is 79.7 Å². The molecule has 1 atom stereocenters. The fourth-order valence-electron chi connectivity index (χ4n) is 4.08. The highest BCUT2D eigenvalue weighted by Crippen LogP contribution is 2.43. The highest BCUT2D eigenvalue weighted by atomic mass is 35.5. The number of anilines is 1. The van der Waals surface area contributed by atoms with Crippen molar-refractivity contribution in [2.45, 2.75) is 12.5 Å². The third kappa shape index (κ3) is 3.22. The highest BCUT2D eigenvalue weighted by molar-refractivity contribution is 6.51. The molecule has 3 aromatic rings. The Morgan fingerprint density at radius 1 is 1.12 bits per heavy atom. The first-order valence-corrected chi connectivity index (χ1v) is 10.3. The fourth-order valence-corrected chi connectivity index (χ4v) is 4.26. The van der Waals surface area contributed by atoms with Crippen LogP contribution in [-0.4, -0.2) is 28.4 Å². The molecule has 160 valence electrons. The fraction of sp³-hybridized carbons (Fsp3) is 0.125. The molecule has 0 aliphatic carbocycles. The van der Waals surface area contributed by atoms with Crippen LogP contribution in [0.4, 0.5) is 10.1 Å². The van der Waals surface area contributed by atoms with Crippen molar-refractivity contribution in [2.24, 2.45) is 0 Å². The zero-order chi connectivity index (χ0) is 22.4. The average molecular weight is 451 g/mol.